The molecule has 0 spiro atoms. The quantitative estimate of drug-likeness (QED) is 0.538. The average Bonchev–Trinajstić information content (AvgIpc) is 2.31. The number of aryl methyl sites for hydroxylation is 1. The lowest BCUT2D eigenvalue weighted by Gasteiger charge is -2.08. The number of rotatable bonds is 4. The molecule has 0 unspecified atom stereocenters. The Morgan fingerprint density at radius 1 is 1.56 bits per heavy atom. The van der Waals surface area contributed by atoms with Gasteiger partial charge in [0.2, 0.25) is 0 Å². The number of amides is 2. The molecule has 0 fully saturated rings. The summed E-state index contributed by atoms with van der Waals surface area (Å²) in [7, 11) is 0. The Hall–Kier alpha value is -2.11. The predicted octanol–water partition coefficient (Wildman–Crippen LogP) is 0.566. The van der Waals surface area contributed by atoms with E-state index in [0.717, 1.165) is 17.7 Å². The molecule has 1 heterocycles. The van der Waals surface area contributed by atoms with Crippen LogP contribution in [-0.4, -0.2) is 30.1 Å². The Balaban J connectivity index is 2.55. The lowest BCUT2D eigenvalue weighted by atomic mass is 10.2. The Kier molecular flexibility index (Phi) is 5.63. The summed E-state index contributed by atoms with van der Waals surface area (Å²) in [6, 6.07) is 3.29. The molecule has 0 bridgehead atoms. The van der Waals surface area contributed by atoms with Gasteiger partial charge in [-0.25, -0.2) is 4.79 Å². The second-order valence-corrected chi connectivity index (χ2v) is 3.77. The average molecular weight is 249 g/mol. The van der Waals surface area contributed by atoms with Gasteiger partial charge in [0.05, 0.1) is 0 Å². The molecule has 6 heteroatoms. The lowest BCUT2D eigenvalue weighted by molar-refractivity contribution is 0.253. The number of nitrogens with two attached hydrogens (primary N) is 1. The highest BCUT2D eigenvalue weighted by Crippen LogP contribution is 2.03. The van der Waals surface area contributed by atoms with Crippen LogP contribution in [0, 0.1) is 6.92 Å². The van der Waals surface area contributed by atoms with Gasteiger partial charge in [0.25, 0.3) is 0 Å². The zero-order valence-electron chi connectivity index (χ0n) is 10.7. The first-order chi connectivity index (χ1) is 8.63. The predicted molar refractivity (Wildman–Crippen MR) is 71.4 cm³/mol. The number of primary amides is 1. The van der Waals surface area contributed by atoms with Crippen molar-refractivity contribution >= 4 is 12.0 Å². The summed E-state index contributed by atoms with van der Waals surface area (Å²) in [4.78, 5) is 19.3. The molecule has 0 saturated heterocycles. The number of pyridine rings is 1. The van der Waals surface area contributed by atoms with E-state index in [4.69, 9.17) is 5.73 Å². The fourth-order valence-corrected chi connectivity index (χ4v) is 1.48. The fraction of sp³-hybridized carbons (Fsp3) is 0.417. The molecule has 1 aromatic rings. The van der Waals surface area contributed by atoms with Crippen molar-refractivity contribution in [2.45, 2.75) is 20.3 Å². The minimum Gasteiger partial charge on any atom is -0.356 e. The number of guanidine groups is 1. The Morgan fingerprint density at radius 2 is 2.33 bits per heavy atom. The van der Waals surface area contributed by atoms with E-state index in [1.165, 1.54) is 0 Å². The van der Waals surface area contributed by atoms with Gasteiger partial charge in [-0.05, 0) is 25.5 Å². The number of aromatic nitrogens is 1. The number of carbonyl (C=O) groups is 1. The van der Waals surface area contributed by atoms with Crippen LogP contribution in [0.5, 0.6) is 0 Å². The third kappa shape index (κ3) is 4.82. The number of hydrogen-bond donors (Lipinski definition) is 3. The number of aliphatic imine (C=N–C) groups is 1. The monoisotopic (exact) mass is 249 g/mol. The molecular formula is C12H19N5O. The highest BCUT2D eigenvalue weighted by Gasteiger charge is 2.01. The molecule has 0 saturated carbocycles. The van der Waals surface area contributed by atoms with E-state index in [1.54, 1.807) is 6.20 Å². The van der Waals surface area contributed by atoms with Crippen LogP contribution in [-0.2, 0) is 6.42 Å². The zero-order chi connectivity index (χ0) is 13.4. The van der Waals surface area contributed by atoms with Gasteiger partial charge in [-0.2, -0.15) is 0 Å². The van der Waals surface area contributed by atoms with Crippen molar-refractivity contribution in [3.8, 4) is 0 Å². The molecular weight excluding hydrogens is 230 g/mol. The van der Waals surface area contributed by atoms with Crippen LogP contribution in [0.4, 0.5) is 4.79 Å². The van der Waals surface area contributed by atoms with E-state index >= 15 is 0 Å². The maximum Gasteiger partial charge on any atom is 0.318 e. The SMILES string of the molecule is CCNC(=NCCc1ncccc1C)NC(N)=O. The van der Waals surface area contributed by atoms with Gasteiger partial charge in [0.1, 0.15) is 0 Å². The van der Waals surface area contributed by atoms with Crippen molar-refractivity contribution in [1.29, 1.82) is 0 Å². The van der Waals surface area contributed by atoms with E-state index in [-0.39, 0.29) is 0 Å². The lowest BCUT2D eigenvalue weighted by Crippen LogP contribution is -2.43. The van der Waals surface area contributed by atoms with Crippen LogP contribution in [0.3, 0.4) is 0 Å². The van der Waals surface area contributed by atoms with Crippen molar-refractivity contribution in [2.75, 3.05) is 13.1 Å². The Morgan fingerprint density at radius 3 is 2.94 bits per heavy atom. The number of carbonyl (C=O) groups excluding carboxylic acids is 1. The molecule has 0 aliphatic rings. The molecule has 0 aliphatic carbocycles. The molecule has 0 aliphatic heterocycles. The van der Waals surface area contributed by atoms with Gasteiger partial charge < -0.3 is 11.1 Å². The third-order valence-electron chi connectivity index (χ3n) is 2.32. The Bertz CT molecular complexity index is 430. The summed E-state index contributed by atoms with van der Waals surface area (Å²) in [5, 5.41) is 5.37. The molecule has 6 nitrogen and oxygen atoms in total. The van der Waals surface area contributed by atoms with Crippen LogP contribution >= 0.6 is 0 Å². The molecule has 0 aromatic carbocycles. The van der Waals surface area contributed by atoms with Crippen LogP contribution in [0.2, 0.25) is 0 Å². The summed E-state index contributed by atoms with van der Waals surface area (Å²) >= 11 is 0. The van der Waals surface area contributed by atoms with Gasteiger partial charge >= 0.3 is 6.03 Å². The number of nitrogens with zero attached hydrogens (tertiary/aromatic N) is 2. The topological polar surface area (TPSA) is 92.4 Å². The van der Waals surface area contributed by atoms with Gasteiger partial charge in [-0.3, -0.25) is 15.3 Å². The Labute approximate surface area is 107 Å². The van der Waals surface area contributed by atoms with Crippen LogP contribution in [0.1, 0.15) is 18.2 Å². The van der Waals surface area contributed by atoms with Crippen molar-refractivity contribution in [2.24, 2.45) is 10.7 Å². The van der Waals surface area contributed by atoms with Crippen molar-refractivity contribution < 1.29 is 4.79 Å². The standard InChI is InChI=1S/C12H19N5O/c1-3-14-12(17-11(13)18)16-8-6-10-9(2)5-4-7-15-10/h4-5,7H,3,6,8H2,1-2H3,(H4,13,14,16,17,18). The molecule has 18 heavy (non-hydrogen) atoms. The third-order valence-corrected chi connectivity index (χ3v) is 2.32. The van der Waals surface area contributed by atoms with E-state index in [0.29, 0.717) is 19.0 Å². The largest absolute Gasteiger partial charge is 0.356 e. The van der Waals surface area contributed by atoms with Gasteiger partial charge in [-0.15, -0.1) is 0 Å². The molecule has 98 valence electrons. The minimum absolute atomic E-state index is 0.401. The van der Waals surface area contributed by atoms with E-state index in [9.17, 15) is 4.79 Å². The molecule has 1 rings (SSSR count). The molecule has 2 amide bonds. The maximum absolute atomic E-state index is 10.7. The van der Waals surface area contributed by atoms with Crippen molar-refractivity contribution in [3.05, 3.63) is 29.6 Å². The van der Waals surface area contributed by atoms with Crippen molar-refractivity contribution in [3.63, 3.8) is 0 Å². The second-order valence-electron chi connectivity index (χ2n) is 3.77. The van der Waals surface area contributed by atoms with Crippen molar-refractivity contribution in [1.82, 2.24) is 15.6 Å². The number of nitrogens with one attached hydrogen (secondary N) is 2. The first kappa shape index (κ1) is 14.0. The maximum atomic E-state index is 10.7. The molecule has 1 aromatic heterocycles. The number of hydrogen-bond acceptors (Lipinski definition) is 3. The van der Waals surface area contributed by atoms with Gasteiger partial charge in [-0.1, -0.05) is 6.07 Å². The fourth-order valence-electron chi connectivity index (χ4n) is 1.48. The van der Waals surface area contributed by atoms with E-state index < -0.39 is 6.03 Å². The second kappa shape index (κ2) is 7.26. The van der Waals surface area contributed by atoms with Gasteiger partial charge in [0.15, 0.2) is 5.96 Å². The summed E-state index contributed by atoms with van der Waals surface area (Å²) in [5.74, 6) is 0.401. The first-order valence-electron chi connectivity index (χ1n) is 5.88. The summed E-state index contributed by atoms with van der Waals surface area (Å²) in [6.45, 7) is 5.14. The normalized spacial score (nSPS) is 11.1. The summed E-state index contributed by atoms with van der Waals surface area (Å²) in [6.07, 6.45) is 2.49. The smallest absolute Gasteiger partial charge is 0.318 e. The molecule has 0 radical (unpaired) electrons. The summed E-state index contributed by atoms with van der Waals surface area (Å²) < 4.78 is 0. The highest BCUT2D eigenvalue weighted by atomic mass is 16.2. The van der Waals surface area contributed by atoms with Gasteiger partial charge in [0, 0.05) is 31.4 Å². The molecule has 4 N–H and O–H groups in total. The number of urea groups is 1. The minimum atomic E-state index is -0.622. The summed E-state index contributed by atoms with van der Waals surface area (Å²) in [5.41, 5.74) is 7.20. The molecule has 0 atom stereocenters. The first-order valence-corrected chi connectivity index (χ1v) is 5.88. The zero-order valence-corrected chi connectivity index (χ0v) is 10.7. The van der Waals surface area contributed by atoms with Crippen LogP contribution in [0.25, 0.3) is 0 Å². The van der Waals surface area contributed by atoms with Crippen LogP contribution in [0.15, 0.2) is 23.3 Å². The van der Waals surface area contributed by atoms with Crippen LogP contribution < -0.4 is 16.4 Å². The highest BCUT2D eigenvalue weighted by molar-refractivity contribution is 5.95. The van der Waals surface area contributed by atoms with E-state index in [2.05, 4.69) is 20.6 Å². The van der Waals surface area contributed by atoms with E-state index in [1.807, 2.05) is 26.0 Å².